The molecule has 0 saturated carbocycles. The molecule has 9 heteroatoms. The molecule has 1 fully saturated rings. The van der Waals surface area contributed by atoms with Crippen LogP contribution in [0.2, 0.25) is 0 Å². The Morgan fingerprint density at radius 3 is 2.45 bits per heavy atom. The highest BCUT2D eigenvalue weighted by atomic mass is 32.2. The number of amides is 1. The predicted molar refractivity (Wildman–Crippen MR) is 125 cm³/mol. The number of anilines is 1. The molecule has 1 aliphatic rings. The zero-order valence-electron chi connectivity index (χ0n) is 19.3. The number of methoxy groups -OCH3 is 1. The monoisotopic (exact) mass is 474 g/mol. The van der Waals surface area contributed by atoms with Gasteiger partial charge in [0, 0.05) is 18.3 Å². The van der Waals surface area contributed by atoms with Crippen molar-refractivity contribution in [3.05, 3.63) is 53.6 Å². The van der Waals surface area contributed by atoms with Gasteiger partial charge in [-0.1, -0.05) is 24.1 Å². The maximum absolute atomic E-state index is 13.3. The number of nitrogens with zero attached hydrogens (tertiary/aromatic N) is 1. The fraction of sp³-hybridized carbons (Fsp3) is 0.417. The summed E-state index contributed by atoms with van der Waals surface area (Å²) in [5.74, 6) is -1.14. The zero-order chi connectivity index (χ0) is 24.2. The number of aryl methyl sites for hydroxylation is 1. The number of hydrogen-bond donors (Lipinski definition) is 1. The van der Waals surface area contributed by atoms with Crippen molar-refractivity contribution < 1.29 is 27.5 Å². The third-order valence-electron chi connectivity index (χ3n) is 5.70. The van der Waals surface area contributed by atoms with E-state index in [1.54, 1.807) is 12.1 Å². The highest BCUT2D eigenvalue weighted by Crippen LogP contribution is 2.32. The van der Waals surface area contributed by atoms with E-state index in [2.05, 4.69) is 5.32 Å². The Labute approximate surface area is 194 Å². The molecule has 0 bridgehead atoms. The van der Waals surface area contributed by atoms with Gasteiger partial charge in [-0.05, 0) is 63.9 Å². The van der Waals surface area contributed by atoms with Crippen molar-refractivity contribution in [3.8, 4) is 5.75 Å². The number of sulfonamides is 1. The highest BCUT2D eigenvalue weighted by Gasteiger charge is 2.34. The molecule has 0 radical (unpaired) electrons. The molecule has 1 heterocycles. The summed E-state index contributed by atoms with van der Waals surface area (Å²) in [5.41, 5.74) is 1.66. The van der Waals surface area contributed by atoms with Crippen LogP contribution in [0.3, 0.4) is 0 Å². The average molecular weight is 475 g/mol. The van der Waals surface area contributed by atoms with Gasteiger partial charge in [-0.2, -0.15) is 4.31 Å². The lowest BCUT2D eigenvalue weighted by atomic mass is 10.1. The molecule has 1 aliphatic heterocycles. The minimum atomic E-state index is -3.88. The molecule has 0 aromatic heterocycles. The molecule has 1 amide bonds. The van der Waals surface area contributed by atoms with Gasteiger partial charge in [0.2, 0.25) is 10.0 Å². The highest BCUT2D eigenvalue weighted by molar-refractivity contribution is 7.89. The number of carbonyl (C=O) groups is 2. The first kappa shape index (κ1) is 24.7. The predicted octanol–water partition coefficient (Wildman–Crippen LogP) is 3.75. The second-order valence-corrected chi connectivity index (χ2v) is 10.1. The molecule has 2 aromatic carbocycles. The van der Waals surface area contributed by atoms with Crippen LogP contribution in [-0.4, -0.2) is 50.4 Å². The molecule has 0 spiro atoms. The Kier molecular flexibility index (Phi) is 7.76. The number of carbonyl (C=O) groups excluding carboxylic acids is 2. The summed E-state index contributed by atoms with van der Waals surface area (Å²) in [6, 6.07) is 11.2. The van der Waals surface area contributed by atoms with Gasteiger partial charge < -0.3 is 14.8 Å². The van der Waals surface area contributed by atoms with Gasteiger partial charge in [-0.15, -0.1) is 0 Å². The van der Waals surface area contributed by atoms with Gasteiger partial charge in [0.15, 0.2) is 6.10 Å². The number of piperidine rings is 1. The molecule has 0 aliphatic carbocycles. The third-order valence-corrected chi connectivity index (χ3v) is 7.73. The van der Waals surface area contributed by atoms with E-state index in [1.165, 1.54) is 36.5 Å². The van der Waals surface area contributed by atoms with Crippen LogP contribution in [0.15, 0.2) is 47.4 Å². The standard InChI is InChI=1S/C24H30N2O6S/c1-16-8-11-20(12-9-16)25-23(27)18(3)32-24(28)19-10-13-21(31-4)22(15-19)33(29,30)26-14-6-5-7-17(26)2/h8-13,15,17-18H,5-7,14H2,1-4H3,(H,25,27)/t17-,18+/m1/s1. The van der Waals surface area contributed by atoms with Crippen LogP contribution < -0.4 is 10.1 Å². The molecule has 178 valence electrons. The summed E-state index contributed by atoms with van der Waals surface area (Å²) < 4.78 is 38.7. The molecular weight excluding hydrogens is 444 g/mol. The van der Waals surface area contributed by atoms with Crippen LogP contribution in [0.25, 0.3) is 0 Å². The Morgan fingerprint density at radius 2 is 1.82 bits per heavy atom. The Balaban J connectivity index is 1.78. The van der Waals surface area contributed by atoms with Crippen molar-refractivity contribution in [2.24, 2.45) is 0 Å². The number of ether oxygens (including phenoxy) is 2. The van der Waals surface area contributed by atoms with Gasteiger partial charge in [-0.25, -0.2) is 13.2 Å². The first-order valence-corrected chi connectivity index (χ1v) is 12.4. The van der Waals surface area contributed by atoms with Gasteiger partial charge in [0.1, 0.15) is 10.6 Å². The molecule has 1 saturated heterocycles. The number of hydrogen-bond acceptors (Lipinski definition) is 6. The summed E-state index contributed by atoms with van der Waals surface area (Å²) in [6.45, 7) is 5.68. The normalized spacial score (nSPS) is 17.8. The molecule has 1 N–H and O–H groups in total. The van der Waals surface area contributed by atoms with E-state index in [9.17, 15) is 18.0 Å². The lowest BCUT2D eigenvalue weighted by Crippen LogP contribution is -2.42. The van der Waals surface area contributed by atoms with E-state index in [0.717, 1.165) is 24.8 Å². The topological polar surface area (TPSA) is 102 Å². The van der Waals surface area contributed by atoms with Crippen LogP contribution in [-0.2, 0) is 19.6 Å². The van der Waals surface area contributed by atoms with Crippen LogP contribution in [0, 0.1) is 6.92 Å². The molecular formula is C24H30N2O6S. The van der Waals surface area contributed by atoms with E-state index in [4.69, 9.17) is 9.47 Å². The minimum Gasteiger partial charge on any atom is -0.495 e. The fourth-order valence-electron chi connectivity index (χ4n) is 3.72. The van der Waals surface area contributed by atoms with Crippen LogP contribution in [0.4, 0.5) is 5.69 Å². The van der Waals surface area contributed by atoms with Crippen molar-refractivity contribution in [3.63, 3.8) is 0 Å². The Hall–Kier alpha value is -2.91. The minimum absolute atomic E-state index is 0.0222. The van der Waals surface area contributed by atoms with E-state index >= 15 is 0 Å². The summed E-state index contributed by atoms with van der Waals surface area (Å²) in [4.78, 5) is 25.1. The smallest absolute Gasteiger partial charge is 0.338 e. The summed E-state index contributed by atoms with van der Waals surface area (Å²) in [7, 11) is -2.50. The van der Waals surface area contributed by atoms with Crippen LogP contribution in [0.5, 0.6) is 5.75 Å². The average Bonchev–Trinajstić information content (AvgIpc) is 2.80. The van der Waals surface area contributed by atoms with Gasteiger partial charge in [0.05, 0.1) is 12.7 Å². The summed E-state index contributed by atoms with van der Waals surface area (Å²) in [5, 5.41) is 2.69. The van der Waals surface area contributed by atoms with Crippen LogP contribution >= 0.6 is 0 Å². The van der Waals surface area contributed by atoms with E-state index in [1.807, 2.05) is 26.0 Å². The van der Waals surface area contributed by atoms with Crippen LogP contribution in [0.1, 0.15) is 49.0 Å². The summed E-state index contributed by atoms with van der Waals surface area (Å²) in [6.07, 6.45) is 1.44. The lowest BCUT2D eigenvalue weighted by Gasteiger charge is -2.32. The van der Waals surface area contributed by atoms with Gasteiger partial charge in [-0.3, -0.25) is 4.79 Å². The quantitative estimate of drug-likeness (QED) is 0.613. The third kappa shape index (κ3) is 5.72. The molecule has 2 aromatic rings. The molecule has 8 nitrogen and oxygen atoms in total. The van der Waals surface area contributed by atoms with Crippen molar-refractivity contribution in [1.29, 1.82) is 0 Å². The zero-order valence-corrected chi connectivity index (χ0v) is 20.1. The number of benzene rings is 2. The molecule has 0 unspecified atom stereocenters. The van der Waals surface area contributed by atoms with Gasteiger partial charge >= 0.3 is 5.97 Å². The summed E-state index contributed by atoms with van der Waals surface area (Å²) >= 11 is 0. The van der Waals surface area contributed by atoms with Crippen molar-refractivity contribution in [2.75, 3.05) is 19.0 Å². The van der Waals surface area contributed by atoms with Crippen molar-refractivity contribution in [2.45, 2.75) is 57.1 Å². The Morgan fingerprint density at radius 1 is 1.12 bits per heavy atom. The first-order valence-electron chi connectivity index (χ1n) is 10.9. The molecule has 3 rings (SSSR count). The maximum Gasteiger partial charge on any atom is 0.338 e. The largest absolute Gasteiger partial charge is 0.495 e. The number of esters is 1. The Bertz CT molecular complexity index is 1110. The van der Waals surface area contributed by atoms with E-state index in [0.29, 0.717) is 12.2 Å². The maximum atomic E-state index is 13.3. The molecule has 2 atom stereocenters. The van der Waals surface area contributed by atoms with E-state index < -0.39 is 28.0 Å². The number of nitrogens with one attached hydrogen (secondary N) is 1. The van der Waals surface area contributed by atoms with Crippen molar-refractivity contribution >= 4 is 27.6 Å². The van der Waals surface area contributed by atoms with Crippen molar-refractivity contribution in [1.82, 2.24) is 4.31 Å². The SMILES string of the molecule is COc1ccc(C(=O)O[C@@H](C)C(=O)Nc2ccc(C)cc2)cc1S(=O)(=O)N1CCCC[C@H]1C. The second-order valence-electron chi connectivity index (χ2n) is 8.23. The first-order chi connectivity index (χ1) is 15.6. The lowest BCUT2D eigenvalue weighted by molar-refractivity contribution is -0.123. The van der Waals surface area contributed by atoms with E-state index in [-0.39, 0.29) is 22.3 Å². The fourth-order valence-corrected chi connectivity index (χ4v) is 5.61. The number of rotatable bonds is 7. The molecule has 33 heavy (non-hydrogen) atoms. The van der Waals surface area contributed by atoms with Gasteiger partial charge in [0.25, 0.3) is 5.91 Å². The second kappa shape index (κ2) is 10.4.